The maximum Gasteiger partial charge on any atom is 0.149 e. The monoisotopic (exact) mass is 215 g/mol. The lowest BCUT2D eigenvalue weighted by Crippen LogP contribution is -2.31. The molecule has 0 fully saturated rings. The molecule has 0 aliphatic carbocycles. The van der Waals surface area contributed by atoms with E-state index in [0.717, 1.165) is 19.3 Å². The fourth-order valence-electron chi connectivity index (χ4n) is 1.29. The van der Waals surface area contributed by atoms with Gasteiger partial charge in [-0.2, -0.15) is 0 Å². The van der Waals surface area contributed by atoms with Crippen molar-refractivity contribution in [1.82, 2.24) is 0 Å². The number of methoxy groups -OCH3 is 1. The molecule has 1 unspecified atom stereocenters. The van der Waals surface area contributed by atoms with Crippen LogP contribution in [-0.2, 0) is 9.53 Å². The molecule has 0 saturated heterocycles. The van der Waals surface area contributed by atoms with E-state index in [4.69, 9.17) is 10.5 Å². The van der Waals surface area contributed by atoms with E-state index in [1.54, 1.807) is 7.11 Å². The molecule has 0 aromatic rings. The van der Waals surface area contributed by atoms with E-state index in [-0.39, 0.29) is 17.2 Å². The number of Topliss-reactive ketones (excluding diaryl/α,β-unsaturated/α-hetero) is 1. The summed E-state index contributed by atoms with van der Waals surface area (Å²) in [6, 6.07) is -0.303. The fraction of sp³-hybridized carbons (Fsp3) is 0.917. The first-order chi connectivity index (χ1) is 6.87. The fourth-order valence-corrected chi connectivity index (χ4v) is 1.29. The molecule has 3 nitrogen and oxygen atoms in total. The molecule has 0 saturated carbocycles. The first kappa shape index (κ1) is 14.6. The van der Waals surface area contributed by atoms with Crippen LogP contribution in [0.1, 0.15) is 46.5 Å². The molecular formula is C12H25NO2. The van der Waals surface area contributed by atoms with Crippen molar-refractivity contribution in [2.75, 3.05) is 13.7 Å². The summed E-state index contributed by atoms with van der Waals surface area (Å²) in [5.74, 6) is 0.182. The number of nitrogens with two attached hydrogens (primary N) is 1. The first-order valence-corrected chi connectivity index (χ1v) is 5.64. The highest BCUT2D eigenvalue weighted by molar-refractivity contribution is 5.83. The van der Waals surface area contributed by atoms with E-state index in [2.05, 4.69) is 20.8 Å². The van der Waals surface area contributed by atoms with Gasteiger partial charge in [-0.3, -0.25) is 4.79 Å². The van der Waals surface area contributed by atoms with Gasteiger partial charge in [-0.05, 0) is 24.7 Å². The molecule has 15 heavy (non-hydrogen) atoms. The lowest BCUT2D eigenvalue weighted by molar-refractivity contribution is -0.121. The Morgan fingerprint density at radius 2 is 2.00 bits per heavy atom. The van der Waals surface area contributed by atoms with Gasteiger partial charge >= 0.3 is 0 Å². The van der Waals surface area contributed by atoms with Crippen molar-refractivity contribution in [3.63, 3.8) is 0 Å². The van der Waals surface area contributed by atoms with E-state index in [1.807, 2.05) is 0 Å². The van der Waals surface area contributed by atoms with Crippen LogP contribution < -0.4 is 5.73 Å². The van der Waals surface area contributed by atoms with Crippen LogP contribution in [0.25, 0.3) is 0 Å². The van der Waals surface area contributed by atoms with E-state index >= 15 is 0 Å². The Morgan fingerprint density at radius 1 is 1.40 bits per heavy atom. The van der Waals surface area contributed by atoms with Crippen LogP contribution >= 0.6 is 0 Å². The van der Waals surface area contributed by atoms with Crippen molar-refractivity contribution in [3.8, 4) is 0 Å². The highest BCUT2D eigenvalue weighted by atomic mass is 16.5. The largest absolute Gasteiger partial charge is 0.385 e. The number of hydrogen-bond donors (Lipinski definition) is 1. The number of rotatable bonds is 7. The quantitative estimate of drug-likeness (QED) is 0.662. The molecule has 0 aliphatic heterocycles. The maximum atomic E-state index is 11.6. The highest BCUT2D eigenvalue weighted by Gasteiger charge is 2.17. The van der Waals surface area contributed by atoms with Gasteiger partial charge in [0.2, 0.25) is 0 Å². The molecule has 0 heterocycles. The van der Waals surface area contributed by atoms with Gasteiger partial charge < -0.3 is 10.5 Å². The van der Waals surface area contributed by atoms with Crippen LogP contribution in [-0.4, -0.2) is 25.5 Å². The van der Waals surface area contributed by atoms with Crippen molar-refractivity contribution >= 4 is 5.78 Å². The predicted molar refractivity (Wildman–Crippen MR) is 62.8 cm³/mol. The second kappa shape index (κ2) is 6.96. The first-order valence-electron chi connectivity index (χ1n) is 5.64. The Kier molecular flexibility index (Phi) is 6.77. The molecule has 0 amide bonds. The van der Waals surface area contributed by atoms with Gasteiger partial charge in [0.15, 0.2) is 0 Å². The molecule has 0 radical (unpaired) electrons. The molecule has 3 heteroatoms. The molecule has 0 aromatic heterocycles. The molecule has 0 bridgehead atoms. The van der Waals surface area contributed by atoms with Gasteiger partial charge in [0.25, 0.3) is 0 Å². The summed E-state index contributed by atoms with van der Waals surface area (Å²) in [6.07, 6.45) is 3.09. The molecule has 0 aliphatic rings. The third kappa shape index (κ3) is 8.58. The Hall–Kier alpha value is -0.410. The minimum atomic E-state index is -0.303. The number of ether oxygens (including phenoxy) is 1. The minimum Gasteiger partial charge on any atom is -0.385 e. The van der Waals surface area contributed by atoms with Gasteiger partial charge in [-0.15, -0.1) is 0 Å². The third-order valence-corrected chi connectivity index (χ3v) is 2.40. The Bertz CT molecular complexity index is 185. The normalized spacial score (nSPS) is 13.9. The Labute approximate surface area is 93.4 Å². The lowest BCUT2D eigenvalue weighted by Gasteiger charge is -2.18. The molecule has 0 rings (SSSR count). The number of carbonyl (C=O) groups excluding carboxylic acids is 1. The lowest BCUT2D eigenvalue weighted by atomic mass is 9.88. The van der Waals surface area contributed by atoms with Crippen molar-refractivity contribution in [2.24, 2.45) is 11.1 Å². The number of hydrogen-bond acceptors (Lipinski definition) is 3. The molecule has 1 atom stereocenters. The van der Waals surface area contributed by atoms with Crippen molar-refractivity contribution < 1.29 is 9.53 Å². The zero-order valence-electron chi connectivity index (χ0n) is 10.5. The van der Waals surface area contributed by atoms with Crippen molar-refractivity contribution in [3.05, 3.63) is 0 Å². The minimum absolute atomic E-state index is 0.182. The van der Waals surface area contributed by atoms with Crippen LogP contribution in [0.2, 0.25) is 0 Å². The van der Waals surface area contributed by atoms with Gasteiger partial charge in [0.05, 0.1) is 6.04 Å². The number of ketones is 1. The van der Waals surface area contributed by atoms with Gasteiger partial charge in [0, 0.05) is 20.1 Å². The van der Waals surface area contributed by atoms with E-state index in [9.17, 15) is 4.79 Å². The summed E-state index contributed by atoms with van der Waals surface area (Å²) in [7, 11) is 1.66. The van der Waals surface area contributed by atoms with Gasteiger partial charge in [0.1, 0.15) is 5.78 Å². The summed E-state index contributed by atoms with van der Waals surface area (Å²) >= 11 is 0. The summed E-state index contributed by atoms with van der Waals surface area (Å²) < 4.78 is 4.92. The Morgan fingerprint density at radius 3 is 2.47 bits per heavy atom. The third-order valence-electron chi connectivity index (χ3n) is 2.40. The zero-order valence-corrected chi connectivity index (χ0v) is 10.5. The molecule has 0 spiro atoms. The molecule has 0 aromatic carbocycles. The standard InChI is InChI=1S/C12H25NO2/c1-12(2,3)8-7-11(14)10(13)6-5-9-15-4/h10H,5-9,13H2,1-4H3. The van der Waals surface area contributed by atoms with Crippen LogP contribution in [0.15, 0.2) is 0 Å². The van der Waals surface area contributed by atoms with Crippen LogP contribution in [0, 0.1) is 5.41 Å². The van der Waals surface area contributed by atoms with E-state index < -0.39 is 0 Å². The number of carbonyl (C=O) groups is 1. The average Bonchev–Trinajstić information content (AvgIpc) is 2.13. The summed E-state index contributed by atoms with van der Waals surface area (Å²) in [6.45, 7) is 7.09. The summed E-state index contributed by atoms with van der Waals surface area (Å²) in [4.78, 5) is 11.6. The highest BCUT2D eigenvalue weighted by Crippen LogP contribution is 2.21. The van der Waals surface area contributed by atoms with Crippen LogP contribution in [0.3, 0.4) is 0 Å². The average molecular weight is 215 g/mol. The van der Waals surface area contributed by atoms with Crippen LogP contribution in [0.4, 0.5) is 0 Å². The Balaban J connectivity index is 3.70. The van der Waals surface area contributed by atoms with Gasteiger partial charge in [-0.1, -0.05) is 20.8 Å². The SMILES string of the molecule is COCCCC(N)C(=O)CCC(C)(C)C. The molecule has 90 valence electrons. The van der Waals surface area contributed by atoms with Crippen molar-refractivity contribution in [1.29, 1.82) is 0 Å². The van der Waals surface area contributed by atoms with E-state index in [0.29, 0.717) is 13.0 Å². The molecule has 2 N–H and O–H groups in total. The summed E-state index contributed by atoms with van der Waals surface area (Å²) in [5.41, 5.74) is 5.99. The van der Waals surface area contributed by atoms with E-state index in [1.165, 1.54) is 0 Å². The second-order valence-corrected chi connectivity index (χ2v) is 5.27. The predicted octanol–water partition coefficient (Wildman–Crippen LogP) is 2.14. The maximum absolute atomic E-state index is 11.6. The van der Waals surface area contributed by atoms with Gasteiger partial charge in [-0.25, -0.2) is 0 Å². The van der Waals surface area contributed by atoms with Crippen molar-refractivity contribution in [2.45, 2.75) is 52.5 Å². The molecular weight excluding hydrogens is 190 g/mol. The topological polar surface area (TPSA) is 52.3 Å². The smallest absolute Gasteiger partial charge is 0.149 e. The zero-order chi connectivity index (χ0) is 11.9. The van der Waals surface area contributed by atoms with Crippen LogP contribution in [0.5, 0.6) is 0 Å². The summed E-state index contributed by atoms with van der Waals surface area (Å²) in [5, 5.41) is 0. The second-order valence-electron chi connectivity index (χ2n) is 5.27.